The van der Waals surface area contributed by atoms with Crippen molar-refractivity contribution in [3.63, 3.8) is 0 Å². The number of hydrogen-bond donors (Lipinski definition) is 3. The van der Waals surface area contributed by atoms with Gasteiger partial charge in [-0.2, -0.15) is 0 Å². The summed E-state index contributed by atoms with van der Waals surface area (Å²) in [7, 11) is 0. The predicted octanol–water partition coefficient (Wildman–Crippen LogP) is 6.42. The molecular weight excluding hydrogens is 476 g/mol. The van der Waals surface area contributed by atoms with Crippen molar-refractivity contribution in [1.29, 1.82) is 0 Å². The van der Waals surface area contributed by atoms with Crippen LogP contribution in [0, 0.1) is 36.0 Å². The van der Waals surface area contributed by atoms with Crippen molar-refractivity contribution in [3.8, 4) is 22.6 Å². The molecule has 2 aromatic heterocycles. The maximum absolute atomic E-state index is 14.4. The lowest BCUT2D eigenvalue weighted by Crippen LogP contribution is -2.51. The Balaban J connectivity index is 1.50. The number of para-hydroxylation sites is 1. The molecule has 2 aromatic carbocycles. The number of benzene rings is 2. The topological polar surface area (TPSA) is 95.3 Å². The van der Waals surface area contributed by atoms with Crippen LogP contribution in [0.3, 0.4) is 0 Å². The minimum atomic E-state index is -0.817. The lowest BCUT2D eigenvalue weighted by atomic mass is 9.61. The number of hydrogen-bond acceptors (Lipinski definition) is 4. The van der Waals surface area contributed by atoms with Gasteiger partial charge in [-0.05, 0) is 43.6 Å². The molecule has 9 heteroatoms. The zero-order valence-corrected chi connectivity index (χ0v) is 19.7. The third kappa shape index (κ3) is 3.99. The molecule has 3 N–H and O–H groups in total. The van der Waals surface area contributed by atoms with Gasteiger partial charge >= 0.3 is 5.97 Å². The highest BCUT2D eigenvalue weighted by Crippen LogP contribution is 2.46. The number of anilines is 1. The number of carbonyl (C=O) groups is 1. The van der Waals surface area contributed by atoms with E-state index >= 15 is 0 Å². The van der Waals surface area contributed by atoms with Gasteiger partial charge in [0.15, 0.2) is 11.5 Å². The molecule has 7 nitrogen and oxygen atoms in total. The van der Waals surface area contributed by atoms with Gasteiger partial charge in [0.25, 0.3) is 0 Å². The fraction of sp³-hybridized carbons (Fsp3) is 0.286. The molecule has 3 aliphatic rings. The summed E-state index contributed by atoms with van der Waals surface area (Å²) in [6.07, 6.45) is 5.26. The van der Waals surface area contributed by atoms with E-state index in [-0.39, 0.29) is 29.2 Å². The molecule has 0 saturated heterocycles. The number of nitrogens with one attached hydrogen (secondary N) is 2. The Morgan fingerprint density at radius 2 is 1.81 bits per heavy atom. The van der Waals surface area contributed by atoms with Crippen LogP contribution in [0.25, 0.3) is 38.4 Å². The van der Waals surface area contributed by atoms with E-state index in [1.165, 1.54) is 12.3 Å². The van der Waals surface area contributed by atoms with E-state index in [1.54, 1.807) is 30.3 Å². The first-order valence-electron chi connectivity index (χ1n) is 12.2. The first kappa shape index (κ1) is 23.1. The molecule has 2 unspecified atom stereocenters. The summed E-state index contributed by atoms with van der Waals surface area (Å²) < 4.78 is 28.5. The maximum Gasteiger partial charge on any atom is 0.308 e. The smallest absolute Gasteiger partial charge is 0.308 e. The van der Waals surface area contributed by atoms with Crippen LogP contribution in [-0.2, 0) is 4.79 Å². The quantitative estimate of drug-likeness (QED) is 0.275. The van der Waals surface area contributed by atoms with Crippen molar-refractivity contribution in [3.05, 3.63) is 71.7 Å². The van der Waals surface area contributed by atoms with Gasteiger partial charge in [0.05, 0.1) is 23.7 Å². The van der Waals surface area contributed by atoms with Gasteiger partial charge in [-0.3, -0.25) is 4.79 Å². The van der Waals surface area contributed by atoms with Gasteiger partial charge in [-0.25, -0.2) is 23.6 Å². The number of nitrogens with zero attached hydrogens (tertiary/aromatic N) is 3. The third-order valence-corrected chi connectivity index (χ3v) is 7.79. The summed E-state index contributed by atoms with van der Waals surface area (Å²) >= 11 is 0. The molecule has 2 heterocycles. The molecule has 2 bridgehead atoms. The summed E-state index contributed by atoms with van der Waals surface area (Å²) in [5.74, 6) is -1.84. The summed E-state index contributed by atoms with van der Waals surface area (Å²) in [6, 6.07) is 10.5. The first-order chi connectivity index (χ1) is 17.9. The molecule has 3 fully saturated rings. The largest absolute Gasteiger partial charge is 0.481 e. The van der Waals surface area contributed by atoms with Gasteiger partial charge in [0.2, 0.25) is 0 Å². The van der Waals surface area contributed by atoms with E-state index in [4.69, 9.17) is 6.57 Å². The highest BCUT2D eigenvalue weighted by molar-refractivity contribution is 5.94. The Labute approximate surface area is 211 Å². The first-order valence-corrected chi connectivity index (χ1v) is 12.2. The van der Waals surface area contributed by atoms with Crippen molar-refractivity contribution in [2.45, 2.75) is 31.7 Å². The Kier molecular flexibility index (Phi) is 5.60. The van der Waals surface area contributed by atoms with E-state index in [1.807, 2.05) is 0 Å². The second-order valence-corrected chi connectivity index (χ2v) is 9.81. The lowest BCUT2D eigenvalue weighted by molar-refractivity contribution is -0.148. The van der Waals surface area contributed by atoms with E-state index in [0.29, 0.717) is 33.7 Å². The number of rotatable bonds is 5. The van der Waals surface area contributed by atoms with Crippen molar-refractivity contribution in [2.24, 2.45) is 17.8 Å². The van der Waals surface area contributed by atoms with Gasteiger partial charge in [-0.1, -0.05) is 24.3 Å². The molecule has 4 aromatic rings. The van der Waals surface area contributed by atoms with Crippen molar-refractivity contribution in [1.82, 2.24) is 15.0 Å². The monoisotopic (exact) mass is 499 g/mol. The Morgan fingerprint density at radius 1 is 1.05 bits per heavy atom. The average Bonchev–Trinajstić information content (AvgIpc) is 3.33. The molecule has 3 saturated carbocycles. The minimum Gasteiger partial charge on any atom is -0.481 e. The molecule has 2 atom stereocenters. The molecule has 0 spiro atoms. The fourth-order valence-corrected chi connectivity index (χ4v) is 6.09. The highest BCUT2D eigenvalue weighted by Gasteiger charge is 2.47. The van der Waals surface area contributed by atoms with Crippen LogP contribution in [0.4, 0.5) is 20.3 Å². The van der Waals surface area contributed by atoms with Crippen molar-refractivity contribution < 1.29 is 18.7 Å². The lowest BCUT2D eigenvalue weighted by Gasteiger charge is -2.47. The summed E-state index contributed by atoms with van der Waals surface area (Å²) in [4.78, 5) is 28.0. The van der Waals surface area contributed by atoms with Crippen molar-refractivity contribution >= 4 is 28.4 Å². The van der Waals surface area contributed by atoms with Gasteiger partial charge in [0.1, 0.15) is 17.5 Å². The zero-order valence-electron chi connectivity index (χ0n) is 19.7. The second kappa shape index (κ2) is 8.96. The third-order valence-electron chi connectivity index (χ3n) is 7.79. The van der Waals surface area contributed by atoms with Crippen LogP contribution in [0.1, 0.15) is 25.7 Å². The van der Waals surface area contributed by atoms with Gasteiger partial charge < -0.3 is 15.4 Å². The summed E-state index contributed by atoms with van der Waals surface area (Å²) in [6.45, 7) is 7.58. The van der Waals surface area contributed by atoms with E-state index < -0.39 is 23.5 Å². The van der Waals surface area contributed by atoms with Crippen LogP contribution in [-0.4, -0.2) is 32.1 Å². The SMILES string of the molecule is [C-]#[N+]c1ccccc1-c1cc(NC2C3CCC(CC3)C2C(=O)O)nc(-c2c[nH]c3c(F)cc(F)cc23)n1. The Bertz CT molecular complexity index is 1570. The minimum absolute atomic E-state index is 0.114. The average molecular weight is 500 g/mol. The molecule has 0 aliphatic heterocycles. The van der Waals surface area contributed by atoms with E-state index in [0.717, 1.165) is 31.7 Å². The molecule has 7 rings (SSSR count). The van der Waals surface area contributed by atoms with Crippen molar-refractivity contribution in [2.75, 3.05) is 5.32 Å². The van der Waals surface area contributed by atoms with Gasteiger partial charge in [-0.15, -0.1) is 0 Å². The number of H-pyrrole nitrogens is 1. The molecule has 0 amide bonds. The maximum atomic E-state index is 14.4. The molecule has 37 heavy (non-hydrogen) atoms. The standard InChI is InChI=1S/C28H23F2N5O2/c1-31-21-5-3-2-4-17(21)22-12-23(34-25-15-8-6-14(7-9-15)24(25)28(36)37)35-27(33-22)19-13-32-26-18(19)10-16(29)11-20(26)30/h2-5,10-15,24-25,32H,6-9H2,(H,36,37)(H,33,34,35). The summed E-state index contributed by atoms with van der Waals surface area (Å²) in [5, 5.41) is 13.7. The fourth-order valence-electron chi connectivity index (χ4n) is 6.09. The van der Waals surface area contributed by atoms with Crippen LogP contribution in [0.5, 0.6) is 0 Å². The van der Waals surface area contributed by atoms with Crippen LogP contribution in [0.15, 0.2) is 48.7 Å². The van der Waals surface area contributed by atoms with Crippen LogP contribution < -0.4 is 5.32 Å². The number of halogens is 2. The Hall–Kier alpha value is -4.32. The number of fused-ring (bicyclic) bond motifs is 4. The number of carboxylic acid groups (broad SMARTS) is 1. The van der Waals surface area contributed by atoms with Gasteiger partial charge in [0, 0.05) is 40.9 Å². The number of aromatic nitrogens is 3. The van der Waals surface area contributed by atoms with Crippen LogP contribution in [0.2, 0.25) is 0 Å². The van der Waals surface area contributed by atoms with E-state index in [2.05, 4.69) is 25.1 Å². The van der Waals surface area contributed by atoms with E-state index in [9.17, 15) is 18.7 Å². The van der Waals surface area contributed by atoms with Crippen LogP contribution >= 0.6 is 0 Å². The molecule has 186 valence electrons. The Morgan fingerprint density at radius 3 is 2.57 bits per heavy atom. The zero-order chi connectivity index (χ0) is 25.7. The summed E-state index contributed by atoms with van der Waals surface area (Å²) in [5.41, 5.74) is 1.98. The normalized spacial score (nSPS) is 22.6. The molecule has 0 radical (unpaired) electrons. The molecule has 3 aliphatic carbocycles. The molecular formula is C28H23F2N5O2. The predicted molar refractivity (Wildman–Crippen MR) is 135 cm³/mol. The number of carboxylic acids is 1. The highest BCUT2D eigenvalue weighted by atomic mass is 19.1. The second-order valence-electron chi connectivity index (χ2n) is 9.81. The number of aromatic amines is 1. The number of aliphatic carboxylic acids is 1.